The van der Waals surface area contributed by atoms with E-state index in [4.69, 9.17) is 0 Å². The monoisotopic (exact) mass is 447 g/mol. The largest absolute Gasteiger partial charge is 0.673 e. The molecule has 0 N–H and O–H groups in total. The maximum Gasteiger partial charge on any atom is 0.673 e. The number of benzene rings is 3. The van der Waals surface area contributed by atoms with E-state index in [9.17, 15) is 22.1 Å². The third-order valence-electron chi connectivity index (χ3n) is 4.10. The van der Waals surface area contributed by atoms with Crippen molar-refractivity contribution < 1.29 is 22.1 Å². The molecule has 0 aliphatic rings. The predicted octanol–water partition coefficient (Wildman–Crippen LogP) is 5.59. The number of hydrogen-bond donors (Lipinski definition) is 0. The van der Waals surface area contributed by atoms with Crippen molar-refractivity contribution in [2.24, 2.45) is 0 Å². The first-order chi connectivity index (χ1) is 13.1. The molecule has 7 heteroatoms. The maximum atomic E-state index is 13.5. The van der Waals surface area contributed by atoms with Crippen LogP contribution in [0.3, 0.4) is 0 Å². The van der Waals surface area contributed by atoms with Gasteiger partial charge < -0.3 is 17.3 Å². The van der Waals surface area contributed by atoms with Crippen LogP contribution in [0.15, 0.2) is 84.9 Å². The van der Waals surface area contributed by atoms with E-state index in [1.165, 1.54) is 0 Å². The average Bonchev–Trinajstić information content (AvgIpc) is 2.67. The molecule has 0 fully saturated rings. The zero-order valence-electron chi connectivity index (χ0n) is 15.0. The summed E-state index contributed by atoms with van der Waals surface area (Å²) in [4.78, 5) is 13.5. The number of ketones is 1. The number of Topliss-reactive ketones (excluding diaryl/α,β-unsaturated/α-hetero) is 1. The zero-order chi connectivity index (χ0) is 20.8. The Morgan fingerprint density at radius 1 is 0.750 bits per heavy atom. The van der Waals surface area contributed by atoms with Crippen LogP contribution >= 0.6 is 0 Å². The van der Waals surface area contributed by atoms with Crippen molar-refractivity contribution in [1.29, 1.82) is 0 Å². The Morgan fingerprint density at radius 2 is 1.11 bits per heavy atom. The molecule has 3 rings (SSSR count). The van der Waals surface area contributed by atoms with Gasteiger partial charge in [0.05, 0.1) is 0 Å². The number of halogens is 4. The van der Waals surface area contributed by atoms with Crippen molar-refractivity contribution in [3.8, 4) is 0 Å². The molecule has 28 heavy (non-hydrogen) atoms. The van der Waals surface area contributed by atoms with Gasteiger partial charge in [-0.25, -0.2) is 0 Å². The molecule has 143 valence electrons. The maximum absolute atomic E-state index is 13.5. The van der Waals surface area contributed by atoms with E-state index in [0.29, 0.717) is 0 Å². The number of carbonyl (C=O) groups excluding carboxylic acids is 1. The van der Waals surface area contributed by atoms with Crippen LogP contribution in [0.2, 0.25) is 0 Å². The molecule has 0 atom stereocenters. The van der Waals surface area contributed by atoms with E-state index in [-0.39, 0.29) is 5.78 Å². The van der Waals surface area contributed by atoms with Crippen molar-refractivity contribution in [1.82, 2.24) is 0 Å². The molecular weight excluding hydrogens is 430 g/mol. The molecule has 0 saturated carbocycles. The van der Waals surface area contributed by atoms with E-state index in [2.05, 4.69) is 16.9 Å². The number of carbonyl (C=O) groups is 1. The van der Waals surface area contributed by atoms with Crippen molar-refractivity contribution in [3.05, 3.63) is 107 Å². The van der Waals surface area contributed by atoms with Gasteiger partial charge in [-0.2, -0.15) is 0 Å². The standard InChI is InChI=1S/C21H17AsO.BF4/c1-16-10-8-9-15-19(16)20(23)21(22,17-11-4-2-5-12-17)18-13-6-3-7-14-18;2-1(3,4)5/h2-15H,1H3;/q+1;-1. The van der Waals surface area contributed by atoms with Gasteiger partial charge in [-0.05, 0) is 0 Å². The van der Waals surface area contributed by atoms with Crippen molar-refractivity contribution in [3.63, 3.8) is 0 Å². The summed E-state index contributed by atoms with van der Waals surface area (Å²) in [6.45, 7) is 1.98. The van der Waals surface area contributed by atoms with Crippen molar-refractivity contribution in [2.75, 3.05) is 0 Å². The number of rotatable bonds is 4. The number of aryl methyl sites for hydroxylation is 1. The molecule has 1 nitrogen and oxygen atoms in total. The molecule has 3 aromatic carbocycles. The van der Waals surface area contributed by atoms with E-state index >= 15 is 0 Å². The smallest absolute Gasteiger partial charge is 0.418 e. The van der Waals surface area contributed by atoms with E-state index in [0.717, 1.165) is 22.3 Å². The number of hydrogen-bond acceptors (Lipinski definition) is 1. The van der Waals surface area contributed by atoms with Crippen LogP contribution in [0.5, 0.6) is 0 Å². The SMILES string of the molecule is Cc1ccccc1C(=O)C([As+])(c1ccccc1)c1ccccc1.F[B-](F)(F)F. The normalized spacial score (nSPS) is 11.4. The molecule has 0 aromatic heterocycles. The van der Waals surface area contributed by atoms with Gasteiger partial charge >= 0.3 is 153 Å². The van der Waals surface area contributed by atoms with Gasteiger partial charge in [0.25, 0.3) is 0 Å². The van der Waals surface area contributed by atoms with Gasteiger partial charge in [0.15, 0.2) is 0 Å². The molecule has 0 aliphatic carbocycles. The zero-order valence-corrected chi connectivity index (χ0v) is 16.9. The Bertz CT molecular complexity index is 869. The first-order valence-corrected chi connectivity index (χ1v) is 9.39. The van der Waals surface area contributed by atoms with Gasteiger partial charge in [-0.3, -0.25) is 0 Å². The van der Waals surface area contributed by atoms with Gasteiger partial charge in [0.2, 0.25) is 0 Å². The van der Waals surface area contributed by atoms with E-state index in [1.807, 2.05) is 91.9 Å². The quantitative estimate of drug-likeness (QED) is 0.290. The summed E-state index contributed by atoms with van der Waals surface area (Å²) in [6, 6.07) is 27.7. The Balaban J connectivity index is 0.000000500. The summed E-state index contributed by atoms with van der Waals surface area (Å²) >= 11 is 2.61. The minimum atomic E-state index is -6.00. The fourth-order valence-corrected chi connectivity index (χ4v) is 3.69. The minimum Gasteiger partial charge on any atom is -0.418 e. The van der Waals surface area contributed by atoms with Crippen molar-refractivity contribution >= 4 is 29.9 Å². The summed E-state index contributed by atoms with van der Waals surface area (Å²) in [5.74, 6) is 0.105. The average molecular weight is 447 g/mol. The van der Waals surface area contributed by atoms with Crippen molar-refractivity contribution in [2.45, 2.75) is 11.1 Å². The third kappa shape index (κ3) is 5.59. The molecule has 0 amide bonds. The first kappa shape index (κ1) is 22.0. The second kappa shape index (κ2) is 9.25. The predicted molar refractivity (Wildman–Crippen MR) is 105 cm³/mol. The fraction of sp³-hybridized carbons (Fsp3) is 0.0952. The molecule has 3 radical (unpaired) electrons. The summed E-state index contributed by atoms with van der Waals surface area (Å²) in [7, 11) is -6.00. The van der Waals surface area contributed by atoms with Gasteiger partial charge in [0.1, 0.15) is 0 Å². The molecule has 0 heterocycles. The topological polar surface area (TPSA) is 17.1 Å². The van der Waals surface area contributed by atoms with Crippen LogP contribution in [-0.2, 0) is 4.20 Å². The molecule has 0 bridgehead atoms. The summed E-state index contributed by atoms with van der Waals surface area (Å²) in [5.41, 5.74) is 3.74. The Kier molecular flexibility index (Phi) is 7.25. The van der Waals surface area contributed by atoms with Crippen LogP contribution < -0.4 is 0 Å². The van der Waals surface area contributed by atoms with Crippen LogP contribution in [0, 0.1) is 6.92 Å². The van der Waals surface area contributed by atoms with Crippen LogP contribution in [-0.4, -0.2) is 29.9 Å². The Hall–Kier alpha value is -2.33. The molecule has 0 saturated heterocycles. The summed E-state index contributed by atoms with van der Waals surface area (Å²) < 4.78 is 38.2. The molecule has 0 aliphatic heterocycles. The Morgan fingerprint density at radius 3 is 1.50 bits per heavy atom. The summed E-state index contributed by atoms with van der Waals surface area (Å²) in [6.07, 6.45) is 0. The molecule has 0 unspecified atom stereocenters. The molecule has 3 aromatic rings. The van der Waals surface area contributed by atoms with Crippen LogP contribution in [0.4, 0.5) is 17.3 Å². The minimum absolute atomic E-state index is 0.105. The molecular formula is C21H17AsBF4O. The molecule has 0 spiro atoms. The fourth-order valence-electron chi connectivity index (χ4n) is 2.81. The second-order valence-electron chi connectivity index (χ2n) is 6.08. The Labute approximate surface area is 170 Å². The van der Waals surface area contributed by atoms with Crippen LogP contribution in [0.1, 0.15) is 27.0 Å². The first-order valence-electron chi connectivity index (χ1n) is 8.45. The summed E-state index contributed by atoms with van der Waals surface area (Å²) in [5, 5.41) is 0. The van der Waals surface area contributed by atoms with E-state index < -0.39 is 11.5 Å². The second-order valence-corrected chi connectivity index (χ2v) is 7.49. The van der Waals surface area contributed by atoms with E-state index in [1.54, 1.807) is 0 Å². The third-order valence-corrected chi connectivity index (χ3v) is 5.61. The van der Waals surface area contributed by atoms with Gasteiger partial charge in [-0.1, -0.05) is 0 Å². The van der Waals surface area contributed by atoms with Gasteiger partial charge in [-0.15, -0.1) is 0 Å². The van der Waals surface area contributed by atoms with Crippen LogP contribution in [0.25, 0.3) is 0 Å². The van der Waals surface area contributed by atoms with Gasteiger partial charge in [0, 0.05) is 0 Å².